The van der Waals surface area contributed by atoms with Gasteiger partial charge in [0.2, 0.25) is 0 Å². The molecule has 1 heterocycles. The van der Waals surface area contributed by atoms with Gasteiger partial charge >= 0.3 is 12.3 Å². The van der Waals surface area contributed by atoms with Crippen molar-refractivity contribution in [1.82, 2.24) is 4.98 Å². The van der Waals surface area contributed by atoms with E-state index in [2.05, 4.69) is 9.72 Å². The first-order valence-electron chi connectivity index (χ1n) is 13.4. The zero-order valence-electron chi connectivity index (χ0n) is 24.1. The molecule has 0 bridgehead atoms. The van der Waals surface area contributed by atoms with Gasteiger partial charge in [0.15, 0.2) is 0 Å². The zero-order chi connectivity index (χ0) is 34.0. The number of hydrogen-bond acceptors (Lipinski definition) is 2. The molecule has 46 heavy (non-hydrogen) atoms. The highest BCUT2D eigenvalue weighted by Gasteiger charge is 2.41. The minimum Gasteiger partial charge on any atom is -0.429 e. The number of aromatic nitrogens is 1. The van der Waals surface area contributed by atoms with Gasteiger partial charge < -0.3 is 4.74 Å². The maximum atomic E-state index is 15.0. The van der Waals surface area contributed by atoms with Gasteiger partial charge in [-0.3, -0.25) is 4.98 Å². The van der Waals surface area contributed by atoms with Crippen molar-refractivity contribution in [3.63, 3.8) is 0 Å². The number of pyridine rings is 1. The molecule has 0 unspecified atom stereocenters. The molecule has 0 spiro atoms. The molecule has 0 saturated carbocycles. The largest absolute Gasteiger partial charge is 0.458 e. The highest BCUT2D eigenvalue weighted by Crippen LogP contribution is 2.38. The first-order chi connectivity index (χ1) is 21.6. The van der Waals surface area contributed by atoms with E-state index in [1.54, 1.807) is 13.0 Å². The van der Waals surface area contributed by atoms with Gasteiger partial charge in [-0.2, -0.15) is 22.0 Å². The molecule has 2 nitrogen and oxygen atoms in total. The minimum atomic E-state index is -4.98. The third-order valence-electron chi connectivity index (χ3n) is 6.40. The molecule has 0 fully saturated rings. The summed E-state index contributed by atoms with van der Waals surface area (Å²) in [6.07, 6.45) is -8.13. The Morgan fingerprint density at radius 2 is 1.37 bits per heavy atom. The molecule has 0 aliphatic carbocycles. The molecule has 0 amide bonds. The van der Waals surface area contributed by atoms with E-state index >= 15 is 4.39 Å². The smallest absolute Gasteiger partial charge is 0.429 e. The van der Waals surface area contributed by atoms with Crippen LogP contribution in [0.25, 0.3) is 33.2 Å². The van der Waals surface area contributed by atoms with Crippen LogP contribution in [0.4, 0.5) is 43.9 Å². The van der Waals surface area contributed by atoms with Crippen LogP contribution in [0.3, 0.4) is 0 Å². The van der Waals surface area contributed by atoms with Crippen LogP contribution in [0, 0.1) is 47.9 Å². The monoisotopic (exact) mass is 649 g/mol. The zero-order valence-corrected chi connectivity index (χ0v) is 24.1. The summed E-state index contributed by atoms with van der Waals surface area (Å²) in [5, 5.41) is -0.466. The molecule has 0 N–H and O–H groups in total. The number of ether oxygens (including phenoxy) is 1. The predicted molar refractivity (Wildman–Crippen MR) is 152 cm³/mol. The maximum Gasteiger partial charge on any atom is 0.458 e. The van der Waals surface area contributed by atoms with Gasteiger partial charge in [0.05, 0.1) is 11.3 Å². The first kappa shape index (κ1) is 33.8. The molecular formula is C34H21F10NO. The summed E-state index contributed by atoms with van der Waals surface area (Å²) in [5.74, 6) is -5.76. The van der Waals surface area contributed by atoms with Crippen LogP contribution in [-0.2, 0) is 6.11 Å². The number of alkyl halides is 5. The maximum absolute atomic E-state index is 15.0. The molecule has 0 radical (unpaired) electrons. The summed E-state index contributed by atoms with van der Waals surface area (Å²) in [6, 6.07) is 10.8. The Morgan fingerprint density at radius 1 is 0.696 bits per heavy atom. The van der Waals surface area contributed by atoms with Crippen molar-refractivity contribution in [3.05, 3.63) is 119 Å². The first-order valence-corrected chi connectivity index (χ1v) is 13.4. The van der Waals surface area contributed by atoms with E-state index in [1.807, 2.05) is 13.8 Å². The molecule has 4 aromatic carbocycles. The van der Waals surface area contributed by atoms with Gasteiger partial charge in [-0.15, -0.1) is 0 Å². The van der Waals surface area contributed by atoms with Crippen molar-refractivity contribution in [2.75, 3.05) is 0 Å². The standard InChI is InChI=1S/C32H15F10NO.C2H6/c1-16-2-7-28(43-15-16)19-12-26(35)29(27(36)13-19)32(41,42)44-20-4-6-21(25(34)14-20)17-3-5-22-18(10-17)11-24(33)23(30(22)37)8-9-31(38,39)40;1-2/h2-7,10-15H,1H3;1-2H3. The van der Waals surface area contributed by atoms with Crippen molar-refractivity contribution < 1.29 is 48.6 Å². The lowest BCUT2D eigenvalue weighted by atomic mass is 9.98. The van der Waals surface area contributed by atoms with Crippen LogP contribution < -0.4 is 4.74 Å². The Kier molecular flexibility index (Phi) is 9.66. The Bertz CT molecular complexity index is 1950. The number of aryl methyl sites for hydroxylation is 1. The fourth-order valence-corrected chi connectivity index (χ4v) is 4.38. The van der Waals surface area contributed by atoms with Gasteiger partial charge in [0.1, 0.15) is 40.4 Å². The molecule has 5 aromatic rings. The Hall–Kier alpha value is -5.05. The second-order valence-electron chi connectivity index (χ2n) is 9.53. The fraction of sp³-hybridized carbons (Fsp3) is 0.147. The van der Waals surface area contributed by atoms with E-state index in [1.165, 1.54) is 18.2 Å². The second-order valence-corrected chi connectivity index (χ2v) is 9.53. The van der Waals surface area contributed by atoms with Crippen molar-refractivity contribution in [2.45, 2.75) is 33.1 Å². The molecule has 1 aromatic heterocycles. The summed E-state index contributed by atoms with van der Waals surface area (Å²) < 4.78 is 145. The molecule has 0 saturated heterocycles. The van der Waals surface area contributed by atoms with Crippen LogP contribution in [0.1, 0.15) is 30.5 Å². The average Bonchev–Trinajstić information content (AvgIpc) is 2.97. The van der Waals surface area contributed by atoms with Gasteiger partial charge in [0, 0.05) is 34.7 Å². The average molecular weight is 650 g/mol. The van der Waals surface area contributed by atoms with Gasteiger partial charge in [-0.25, -0.2) is 22.0 Å². The van der Waals surface area contributed by atoms with Crippen molar-refractivity contribution in [1.29, 1.82) is 0 Å². The SMILES string of the molecule is CC.Cc1ccc(-c2cc(F)c(C(F)(F)Oc3ccc(-c4ccc5c(F)c(C#CC(F)(F)F)c(F)cc5c4)c(F)c3)c(F)c2)nc1. The number of hydrogen-bond donors (Lipinski definition) is 0. The molecule has 12 heteroatoms. The molecular weight excluding hydrogens is 628 g/mol. The van der Waals surface area contributed by atoms with Crippen molar-refractivity contribution in [2.24, 2.45) is 0 Å². The Morgan fingerprint density at radius 3 is 1.96 bits per heavy atom. The van der Waals surface area contributed by atoms with Gasteiger partial charge in [0.25, 0.3) is 0 Å². The van der Waals surface area contributed by atoms with E-state index in [0.717, 1.165) is 41.8 Å². The second kappa shape index (κ2) is 13.1. The van der Waals surface area contributed by atoms with E-state index in [-0.39, 0.29) is 33.2 Å². The normalized spacial score (nSPS) is 11.4. The summed E-state index contributed by atoms with van der Waals surface area (Å²) in [4.78, 5) is 4.00. The summed E-state index contributed by atoms with van der Waals surface area (Å²) >= 11 is 0. The van der Waals surface area contributed by atoms with Crippen LogP contribution in [0.15, 0.2) is 72.9 Å². The van der Waals surface area contributed by atoms with Crippen LogP contribution in [0.2, 0.25) is 0 Å². The highest BCUT2D eigenvalue weighted by atomic mass is 19.4. The Labute approximate surface area is 256 Å². The quantitative estimate of drug-likeness (QED) is 0.140. The summed E-state index contributed by atoms with van der Waals surface area (Å²) in [5.41, 5.74) is -2.25. The number of benzene rings is 4. The lowest BCUT2D eigenvalue weighted by Crippen LogP contribution is -2.25. The molecule has 0 aliphatic heterocycles. The lowest BCUT2D eigenvalue weighted by Gasteiger charge is -2.20. The van der Waals surface area contributed by atoms with E-state index in [4.69, 9.17) is 0 Å². The predicted octanol–water partition coefficient (Wildman–Crippen LogP) is 10.6. The van der Waals surface area contributed by atoms with Crippen molar-refractivity contribution >= 4 is 10.8 Å². The Balaban J connectivity index is 0.00000235. The molecule has 238 valence electrons. The fourth-order valence-electron chi connectivity index (χ4n) is 4.38. The van der Waals surface area contributed by atoms with Crippen LogP contribution in [-0.4, -0.2) is 11.2 Å². The number of fused-ring (bicyclic) bond motifs is 1. The van der Waals surface area contributed by atoms with Gasteiger partial charge in [-0.05, 0) is 65.9 Å². The summed E-state index contributed by atoms with van der Waals surface area (Å²) in [7, 11) is 0. The third-order valence-corrected chi connectivity index (χ3v) is 6.40. The third kappa shape index (κ3) is 7.25. The summed E-state index contributed by atoms with van der Waals surface area (Å²) in [6.45, 7) is 5.73. The molecule has 0 atom stereocenters. The van der Waals surface area contributed by atoms with Crippen LogP contribution in [0.5, 0.6) is 5.75 Å². The molecule has 0 aliphatic rings. The minimum absolute atomic E-state index is 0.0126. The number of nitrogens with zero attached hydrogens (tertiary/aromatic N) is 1. The van der Waals surface area contributed by atoms with E-state index < -0.39 is 58.2 Å². The van der Waals surface area contributed by atoms with Crippen LogP contribution >= 0.6 is 0 Å². The van der Waals surface area contributed by atoms with E-state index in [0.29, 0.717) is 24.3 Å². The lowest BCUT2D eigenvalue weighted by molar-refractivity contribution is -0.189. The number of halogens is 10. The topological polar surface area (TPSA) is 22.1 Å². The van der Waals surface area contributed by atoms with Crippen molar-refractivity contribution in [3.8, 4) is 40.0 Å². The highest BCUT2D eigenvalue weighted by molar-refractivity contribution is 5.89. The molecule has 5 rings (SSSR count). The van der Waals surface area contributed by atoms with E-state index in [9.17, 15) is 39.5 Å². The number of rotatable bonds is 5. The van der Waals surface area contributed by atoms with Gasteiger partial charge in [-0.1, -0.05) is 38.0 Å².